The highest BCUT2D eigenvalue weighted by molar-refractivity contribution is 7.98. The fraction of sp³-hybridized carbons (Fsp3) is 0.472. The van der Waals surface area contributed by atoms with Crippen LogP contribution >= 0.6 is 11.8 Å². The molecule has 1 N–H and O–H groups in total. The van der Waals surface area contributed by atoms with Crippen LogP contribution in [0, 0.1) is 29.4 Å². The number of terminal acetylenes is 1. The molecule has 1 saturated carbocycles. The molecule has 47 heavy (non-hydrogen) atoms. The fourth-order valence-corrected chi connectivity index (χ4v) is 8.34. The summed E-state index contributed by atoms with van der Waals surface area (Å²) in [6.07, 6.45) is 15.8. The number of aromatic nitrogens is 3. The lowest BCUT2D eigenvalue weighted by Gasteiger charge is -2.46. The summed E-state index contributed by atoms with van der Waals surface area (Å²) < 4.78 is 43.9. The minimum Gasteiger partial charge on any atom is -0.508 e. The van der Waals surface area contributed by atoms with Crippen molar-refractivity contribution in [2.45, 2.75) is 44.6 Å². The first-order chi connectivity index (χ1) is 22.9. The van der Waals surface area contributed by atoms with Crippen molar-refractivity contribution in [1.82, 2.24) is 19.9 Å². The summed E-state index contributed by atoms with van der Waals surface area (Å²) in [5.41, 5.74) is 0.101. The first-order valence-corrected chi connectivity index (χ1v) is 17.8. The Hall–Kier alpha value is -3.72. The number of halogens is 2. The second-order valence-electron chi connectivity index (χ2n) is 12.8. The zero-order valence-electron chi connectivity index (χ0n) is 26.6. The van der Waals surface area contributed by atoms with Crippen molar-refractivity contribution in [2.24, 2.45) is 5.41 Å². The van der Waals surface area contributed by atoms with Gasteiger partial charge in [-0.1, -0.05) is 18.4 Å². The molecule has 2 aromatic heterocycles. The van der Waals surface area contributed by atoms with Gasteiger partial charge in [0.25, 0.3) is 0 Å². The number of pyridine rings is 1. The van der Waals surface area contributed by atoms with Crippen LogP contribution in [0.15, 0.2) is 30.5 Å². The Morgan fingerprint density at radius 1 is 1.13 bits per heavy atom. The van der Waals surface area contributed by atoms with Crippen LogP contribution in [0.4, 0.5) is 14.6 Å². The van der Waals surface area contributed by atoms with Gasteiger partial charge in [-0.3, -0.25) is 9.88 Å². The summed E-state index contributed by atoms with van der Waals surface area (Å²) in [7, 11) is 0. The summed E-state index contributed by atoms with van der Waals surface area (Å²) in [5, 5.41) is 11.8. The highest BCUT2D eigenvalue weighted by Crippen LogP contribution is 2.48. The minimum absolute atomic E-state index is 0.00368. The molecule has 1 aliphatic carbocycles. The number of piperidine rings is 1. The molecule has 8 nitrogen and oxygen atoms in total. The normalized spacial score (nSPS) is 21.9. The molecule has 7 rings (SSSR count). The second-order valence-corrected chi connectivity index (χ2v) is 13.8. The highest BCUT2D eigenvalue weighted by atomic mass is 32.2. The molecular formula is C36H39F2N5O3S. The SMILES string of the molecule is C#Cc1c(F)ccc2cc(O)cc(-c3ncc4c(N5CCCOCC5)nc(OCC56CCCC5N(CCSC)CCC6)nc4c3F)c12. The number of phenolic OH excluding ortho intramolecular Hbond substituents is 1. The van der Waals surface area contributed by atoms with Gasteiger partial charge in [0.2, 0.25) is 0 Å². The van der Waals surface area contributed by atoms with Crippen LogP contribution in [0.1, 0.15) is 44.1 Å². The maximum absolute atomic E-state index is 16.8. The van der Waals surface area contributed by atoms with Crippen LogP contribution in [0.2, 0.25) is 0 Å². The van der Waals surface area contributed by atoms with Gasteiger partial charge in [0.15, 0.2) is 5.82 Å². The van der Waals surface area contributed by atoms with Gasteiger partial charge in [-0.15, -0.1) is 6.42 Å². The molecule has 0 amide bonds. The summed E-state index contributed by atoms with van der Waals surface area (Å²) in [6, 6.07) is 6.13. The number of aromatic hydroxyl groups is 1. The number of likely N-dealkylation sites (tertiary alicyclic amines) is 1. The van der Waals surface area contributed by atoms with Crippen LogP contribution in [-0.4, -0.2) is 89.0 Å². The lowest BCUT2D eigenvalue weighted by atomic mass is 9.75. The summed E-state index contributed by atoms with van der Waals surface area (Å²) in [4.78, 5) is 18.8. The number of hydrogen-bond acceptors (Lipinski definition) is 9. The Morgan fingerprint density at radius 3 is 2.85 bits per heavy atom. The van der Waals surface area contributed by atoms with Gasteiger partial charge in [0.1, 0.15) is 28.6 Å². The lowest BCUT2D eigenvalue weighted by molar-refractivity contribution is 0.00304. The van der Waals surface area contributed by atoms with E-state index in [2.05, 4.69) is 31.9 Å². The monoisotopic (exact) mass is 659 g/mol. The van der Waals surface area contributed by atoms with Crippen molar-refractivity contribution in [3.8, 4) is 35.4 Å². The number of phenols is 1. The number of benzene rings is 2. The predicted molar refractivity (Wildman–Crippen MR) is 182 cm³/mol. The summed E-state index contributed by atoms with van der Waals surface area (Å²) in [6.45, 7) is 5.04. The zero-order chi connectivity index (χ0) is 32.5. The third-order valence-corrected chi connectivity index (χ3v) is 10.7. The van der Waals surface area contributed by atoms with Crippen molar-refractivity contribution < 1.29 is 23.4 Å². The van der Waals surface area contributed by atoms with Crippen LogP contribution in [-0.2, 0) is 4.74 Å². The topological polar surface area (TPSA) is 83.8 Å². The van der Waals surface area contributed by atoms with Gasteiger partial charge in [0.05, 0.1) is 24.2 Å². The van der Waals surface area contributed by atoms with Crippen LogP contribution in [0.3, 0.4) is 0 Å². The first-order valence-electron chi connectivity index (χ1n) is 16.4. The second kappa shape index (κ2) is 13.4. The van der Waals surface area contributed by atoms with E-state index in [4.69, 9.17) is 20.9 Å². The number of nitrogens with zero attached hydrogens (tertiary/aromatic N) is 5. The van der Waals surface area contributed by atoms with Crippen LogP contribution < -0.4 is 9.64 Å². The molecule has 2 aromatic carbocycles. The molecule has 246 valence electrons. The van der Waals surface area contributed by atoms with E-state index in [0.717, 1.165) is 57.4 Å². The fourth-order valence-electron chi connectivity index (χ4n) is 7.92. The average Bonchev–Trinajstić information content (AvgIpc) is 3.33. The number of fused-ring (bicyclic) bond motifs is 3. The van der Waals surface area contributed by atoms with Gasteiger partial charge >= 0.3 is 6.01 Å². The van der Waals surface area contributed by atoms with Crippen molar-refractivity contribution in [1.29, 1.82) is 0 Å². The van der Waals surface area contributed by atoms with E-state index < -0.39 is 11.6 Å². The number of anilines is 1. The molecule has 0 spiro atoms. The Morgan fingerprint density at radius 2 is 2.00 bits per heavy atom. The smallest absolute Gasteiger partial charge is 0.319 e. The lowest BCUT2D eigenvalue weighted by Crippen LogP contribution is -2.52. The van der Waals surface area contributed by atoms with E-state index in [-0.39, 0.29) is 39.5 Å². The molecule has 11 heteroatoms. The van der Waals surface area contributed by atoms with Crippen LogP contribution in [0.25, 0.3) is 32.9 Å². The molecule has 4 heterocycles. The minimum atomic E-state index is -0.723. The maximum atomic E-state index is 16.8. The Bertz CT molecular complexity index is 1840. The third-order valence-electron chi connectivity index (χ3n) is 10.1. The van der Waals surface area contributed by atoms with E-state index in [1.54, 1.807) is 6.20 Å². The first kappa shape index (κ1) is 31.9. The average molecular weight is 660 g/mol. The molecule has 2 saturated heterocycles. The molecule has 4 aromatic rings. The molecule has 2 unspecified atom stereocenters. The van der Waals surface area contributed by atoms with Crippen molar-refractivity contribution >= 4 is 39.3 Å². The molecule has 2 aliphatic heterocycles. The Balaban J connectivity index is 1.33. The predicted octanol–water partition coefficient (Wildman–Crippen LogP) is 6.41. The summed E-state index contributed by atoms with van der Waals surface area (Å²) >= 11 is 1.87. The van der Waals surface area contributed by atoms with Crippen molar-refractivity contribution in [2.75, 3.05) is 62.9 Å². The number of hydrogen-bond donors (Lipinski definition) is 1. The molecular weight excluding hydrogens is 620 g/mol. The Labute approximate surface area is 277 Å². The standard InChI is InChI=1S/C36H39F2N5O3S/c1-3-25-28(37)9-8-23-19-24(44)20-26(30(23)25)32-31(38)33-27(21-39-32)34(43-13-6-16-45-17-14-43)41-35(40-33)46-22-36-10-4-7-29(36)42(12-5-11-36)15-18-47-2/h1,8-9,19-21,29,44H,4-7,10-18,22H2,2H3. The Kier molecular flexibility index (Phi) is 9.09. The molecule has 3 aliphatic rings. The number of thioether (sulfide) groups is 1. The zero-order valence-corrected chi connectivity index (χ0v) is 27.4. The quantitative estimate of drug-likeness (QED) is 0.216. The van der Waals surface area contributed by atoms with Gasteiger partial charge in [-0.2, -0.15) is 21.7 Å². The third kappa shape index (κ3) is 5.96. The molecule has 0 bridgehead atoms. The summed E-state index contributed by atoms with van der Waals surface area (Å²) in [5.74, 6) is 2.58. The molecule has 0 radical (unpaired) electrons. The molecule has 3 fully saturated rings. The van der Waals surface area contributed by atoms with Crippen molar-refractivity contribution in [3.05, 3.63) is 47.7 Å². The largest absolute Gasteiger partial charge is 0.508 e. The highest BCUT2D eigenvalue weighted by Gasteiger charge is 2.48. The van der Waals surface area contributed by atoms with Crippen LogP contribution in [0.5, 0.6) is 11.8 Å². The van der Waals surface area contributed by atoms with Gasteiger partial charge in [-0.05, 0) is 68.5 Å². The number of ether oxygens (including phenoxy) is 2. The van der Waals surface area contributed by atoms with E-state index in [9.17, 15) is 9.50 Å². The maximum Gasteiger partial charge on any atom is 0.319 e. The number of rotatable bonds is 8. The van der Waals surface area contributed by atoms with Crippen molar-refractivity contribution in [3.63, 3.8) is 0 Å². The van der Waals surface area contributed by atoms with Gasteiger partial charge in [-0.25, -0.2) is 8.78 Å². The van der Waals surface area contributed by atoms with E-state index in [1.807, 2.05) is 11.8 Å². The van der Waals surface area contributed by atoms with E-state index >= 15 is 4.39 Å². The van der Waals surface area contributed by atoms with Gasteiger partial charge in [0, 0.05) is 60.6 Å². The van der Waals surface area contributed by atoms with E-state index in [0.29, 0.717) is 60.9 Å². The van der Waals surface area contributed by atoms with E-state index in [1.165, 1.54) is 24.3 Å². The van der Waals surface area contributed by atoms with Gasteiger partial charge < -0.3 is 19.5 Å². The molecule has 2 atom stereocenters.